The number of hydrogen-bond donors (Lipinski definition) is 0. The van der Waals surface area contributed by atoms with Gasteiger partial charge < -0.3 is 14.5 Å². The van der Waals surface area contributed by atoms with Crippen molar-refractivity contribution in [3.8, 4) is 6.07 Å². The van der Waals surface area contributed by atoms with Crippen molar-refractivity contribution in [1.29, 1.82) is 5.26 Å². The Labute approximate surface area is 165 Å². The van der Waals surface area contributed by atoms with Crippen LogP contribution in [0, 0.1) is 11.3 Å². The van der Waals surface area contributed by atoms with Gasteiger partial charge in [-0.2, -0.15) is 5.26 Å². The standard InChI is InChI=1S/C22H23N3O3/c1-24(2)20-11-8-19(9-12-20)15-25(3)21(26)16-28-22(27)13-10-17-4-6-18(14-23)7-5-17/h4-13H,15-16H2,1-3H3/b13-10+. The molecule has 0 atom stereocenters. The first-order valence-corrected chi connectivity index (χ1v) is 8.74. The van der Waals surface area contributed by atoms with Gasteiger partial charge in [-0.25, -0.2) is 4.79 Å². The first-order valence-electron chi connectivity index (χ1n) is 8.74. The number of nitriles is 1. The molecule has 0 spiro atoms. The fourth-order valence-corrected chi connectivity index (χ4v) is 2.39. The van der Waals surface area contributed by atoms with Crippen molar-refractivity contribution in [3.63, 3.8) is 0 Å². The van der Waals surface area contributed by atoms with E-state index in [1.165, 1.54) is 11.0 Å². The topological polar surface area (TPSA) is 73.6 Å². The van der Waals surface area contributed by atoms with E-state index in [1.54, 1.807) is 37.4 Å². The second-order valence-electron chi connectivity index (χ2n) is 6.49. The van der Waals surface area contributed by atoms with Crippen LogP contribution in [0.3, 0.4) is 0 Å². The molecule has 0 heterocycles. The normalized spacial score (nSPS) is 10.4. The molecule has 28 heavy (non-hydrogen) atoms. The van der Waals surface area contributed by atoms with E-state index < -0.39 is 5.97 Å². The lowest BCUT2D eigenvalue weighted by Gasteiger charge is -2.18. The second-order valence-corrected chi connectivity index (χ2v) is 6.49. The number of rotatable bonds is 7. The Hall–Kier alpha value is -3.59. The zero-order chi connectivity index (χ0) is 20.5. The summed E-state index contributed by atoms with van der Waals surface area (Å²) in [6.45, 7) is 0.119. The van der Waals surface area contributed by atoms with E-state index >= 15 is 0 Å². The number of nitrogens with zero attached hydrogens (tertiary/aromatic N) is 3. The molecule has 0 radical (unpaired) electrons. The van der Waals surface area contributed by atoms with Crippen LogP contribution < -0.4 is 4.90 Å². The number of carbonyl (C=O) groups excluding carboxylic acids is 2. The second kappa shape index (κ2) is 9.93. The summed E-state index contributed by atoms with van der Waals surface area (Å²) in [5, 5.41) is 8.76. The third-order valence-corrected chi connectivity index (χ3v) is 4.09. The zero-order valence-electron chi connectivity index (χ0n) is 16.3. The van der Waals surface area contributed by atoms with Crippen LogP contribution in [0.1, 0.15) is 16.7 Å². The van der Waals surface area contributed by atoms with Crippen LogP contribution >= 0.6 is 0 Å². The van der Waals surface area contributed by atoms with Crippen molar-refractivity contribution in [3.05, 3.63) is 71.3 Å². The fraction of sp³-hybridized carbons (Fsp3) is 0.227. The Balaban J connectivity index is 1.80. The molecule has 0 unspecified atom stereocenters. The molecule has 1 amide bonds. The van der Waals surface area contributed by atoms with E-state index in [0.717, 1.165) is 16.8 Å². The van der Waals surface area contributed by atoms with E-state index in [-0.39, 0.29) is 12.5 Å². The summed E-state index contributed by atoms with van der Waals surface area (Å²) < 4.78 is 5.00. The molecule has 0 bridgehead atoms. The predicted molar refractivity (Wildman–Crippen MR) is 108 cm³/mol. The van der Waals surface area contributed by atoms with Crippen LogP contribution in [0.4, 0.5) is 5.69 Å². The average molecular weight is 377 g/mol. The van der Waals surface area contributed by atoms with Gasteiger partial charge in [-0.3, -0.25) is 4.79 Å². The van der Waals surface area contributed by atoms with E-state index in [0.29, 0.717) is 12.1 Å². The van der Waals surface area contributed by atoms with Gasteiger partial charge >= 0.3 is 5.97 Å². The van der Waals surface area contributed by atoms with Gasteiger partial charge in [-0.1, -0.05) is 24.3 Å². The molecule has 0 aliphatic heterocycles. The van der Waals surface area contributed by atoms with Crippen molar-refractivity contribution in [2.24, 2.45) is 0 Å². The molecule has 0 fully saturated rings. The number of benzene rings is 2. The quantitative estimate of drug-likeness (QED) is 0.548. The summed E-state index contributed by atoms with van der Waals surface area (Å²) >= 11 is 0. The molecule has 0 saturated carbocycles. The maximum absolute atomic E-state index is 12.2. The maximum atomic E-state index is 12.2. The van der Waals surface area contributed by atoms with Crippen molar-refractivity contribution < 1.29 is 14.3 Å². The maximum Gasteiger partial charge on any atom is 0.331 e. The minimum Gasteiger partial charge on any atom is -0.452 e. The monoisotopic (exact) mass is 377 g/mol. The molecular formula is C22H23N3O3. The molecule has 2 aromatic rings. The summed E-state index contributed by atoms with van der Waals surface area (Å²) in [6.07, 6.45) is 2.83. The van der Waals surface area contributed by atoms with Gasteiger partial charge in [-0.15, -0.1) is 0 Å². The number of likely N-dealkylation sites (N-methyl/N-ethyl adjacent to an activating group) is 1. The largest absolute Gasteiger partial charge is 0.452 e. The van der Waals surface area contributed by atoms with Crippen molar-refractivity contribution >= 4 is 23.6 Å². The molecule has 0 aliphatic carbocycles. The predicted octanol–water partition coefficient (Wildman–Crippen LogP) is 2.84. The van der Waals surface area contributed by atoms with Gasteiger partial charge in [0.2, 0.25) is 0 Å². The first kappa shape index (κ1) is 20.7. The number of amides is 1. The number of esters is 1. The highest BCUT2D eigenvalue weighted by atomic mass is 16.5. The Morgan fingerprint density at radius 3 is 2.25 bits per heavy atom. The smallest absolute Gasteiger partial charge is 0.331 e. The molecule has 0 aromatic heterocycles. The number of hydrogen-bond acceptors (Lipinski definition) is 5. The van der Waals surface area contributed by atoms with Gasteiger partial charge in [0.1, 0.15) is 0 Å². The van der Waals surface area contributed by atoms with E-state index in [1.807, 2.05) is 49.3 Å². The van der Waals surface area contributed by atoms with Gasteiger partial charge in [0.05, 0.1) is 11.6 Å². The van der Waals surface area contributed by atoms with E-state index in [9.17, 15) is 9.59 Å². The van der Waals surface area contributed by atoms with Crippen molar-refractivity contribution in [2.45, 2.75) is 6.54 Å². The van der Waals surface area contributed by atoms with Crippen LogP contribution in [-0.4, -0.2) is 44.5 Å². The number of ether oxygens (including phenoxy) is 1. The van der Waals surface area contributed by atoms with Crippen LogP contribution in [0.5, 0.6) is 0 Å². The molecule has 2 aromatic carbocycles. The van der Waals surface area contributed by atoms with Crippen molar-refractivity contribution in [1.82, 2.24) is 4.90 Å². The average Bonchev–Trinajstić information content (AvgIpc) is 2.71. The van der Waals surface area contributed by atoms with Crippen molar-refractivity contribution in [2.75, 3.05) is 32.6 Å². The van der Waals surface area contributed by atoms with Gasteiger partial charge in [0.25, 0.3) is 5.91 Å². The summed E-state index contributed by atoms with van der Waals surface area (Å²) in [5.41, 5.74) is 3.39. The Morgan fingerprint density at radius 1 is 1.04 bits per heavy atom. The Bertz CT molecular complexity index is 879. The summed E-state index contributed by atoms with van der Waals surface area (Å²) in [6, 6.07) is 16.7. The molecule has 144 valence electrons. The SMILES string of the molecule is CN(Cc1ccc(N(C)C)cc1)C(=O)COC(=O)/C=C/c1ccc(C#N)cc1. The molecule has 0 aliphatic rings. The zero-order valence-corrected chi connectivity index (χ0v) is 16.3. The first-order chi connectivity index (χ1) is 13.4. The number of carbonyl (C=O) groups is 2. The minimum absolute atomic E-state index is 0.281. The Morgan fingerprint density at radius 2 is 1.68 bits per heavy atom. The summed E-state index contributed by atoms with van der Waals surface area (Å²) in [7, 11) is 5.60. The van der Waals surface area contributed by atoms with E-state index in [4.69, 9.17) is 10.00 Å². The van der Waals surface area contributed by atoms with Crippen LogP contribution in [-0.2, 0) is 20.9 Å². The molecule has 0 saturated heterocycles. The van der Waals surface area contributed by atoms with Crippen LogP contribution in [0.25, 0.3) is 6.08 Å². The minimum atomic E-state index is -0.596. The lowest BCUT2D eigenvalue weighted by atomic mass is 10.1. The highest BCUT2D eigenvalue weighted by molar-refractivity contribution is 5.89. The summed E-state index contributed by atoms with van der Waals surface area (Å²) in [5.74, 6) is -0.877. The van der Waals surface area contributed by atoms with Gasteiger partial charge in [0.15, 0.2) is 6.61 Å². The molecular weight excluding hydrogens is 354 g/mol. The lowest BCUT2D eigenvalue weighted by molar-refractivity contribution is -0.147. The van der Waals surface area contributed by atoms with Gasteiger partial charge in [-0.05, 0) is 41.5 Å². The summed E-state index contributed by atoms with van der Waals surface area (Å²) in [4.78, 5) is 27.5. The lowest BCUT2D eigenvalue weighted by Crippen LogP contribution is -2.30. The van der Waals surface area contributed by atoms with Gasteiger partial charge in [0, 0.05) is 39.5 Å². The molecule has 2 rings (SSSR count). The highest BCUT2D eigenvalue weighted by Gasteiger charge is 2.11. The molecule has 6 heteroatoms. The molecule has 0 N–H and O–H groups in total. The number of anilines is 1. The third kappa shape index (κ3) is 6.29. The van der Waals surface area contributed by atoms with Crippen LogP contribution in [0.2, 0.25) is 0 Å². The fourth-order valence-electron chi connectivity index (χ4n) is 2.39. The Kier molecular flexibility index (Phi) is 7.35. The van der Waals surface area contributed by atoms with E-state index in [2.05, 4.69) is 0 Å². The highest BCUT2D eigenvalue weighted by Crippen LogP contribution is 2.13. The third-order valence-electron chi connectivity index (χ3n) is 4.09. The molecule has 6 nitrogen and oxygen atoms in total. The van der Waals surface area contributed by atoms with Crippen LogP contribution in [0.15, 0.2) is 54.6 Å².